The van der Waals surface area contributed by atoms with Crippen LogP contribution in [0.25, 0.3) is 0 Å². The summed E-state index contributed by atoms with van der Waals surface area (Å²) in [6.07, 6.45) is 0.215. The molecule has 2 aromatic carbocycles. The predicted octanol–water partition coefficient (Wildman–Crippen LogP) is 3.13. The molecule has 0 atom stereocenters. The Morgan fingerprint density at radius 3 is 2.11 bits per heavy atom. The molecular formula is C15H14FNO2. The van der Waals surface area contributed by atoms with Gasteiger partial charge >= 0.3 is 6.09 Å². The number of carbonyl (C=O) groups is 1. The molecule has 0 aliphatic heterocycles. The van der Waals surface area contributed by atoms with Crippen molar-refractivity contribution in [3.8, 4) is 5.75 Å². The summed E-state index contributed by atoms with van der Waals surface area (Å²) in [6.45, 7) is 0. The van der Waals surface area contributed by atoms with Crippen molar-refractivity contribution in [2.45, 2.75) is 6.42 Å². The van der Waals surface area contributed by atoms with E-state index in [4.69, 9.17) is 4.74 Å². The van der Waals surface area contributed by atoms with E-state index >= 15 is 0 Å². The number of rotatable bonds is 3. The van der Waals surface area contributed by atoms with E-state index in [1.807, 2.05) is 12.1 Å². The Kier molecular flexibility index (Phi) is 4.13. The van der Waals surface area contributed by atoms with Crippen molar-refractivity contribution in [2.75, 3.05) is 7.05 Å². The van der Waals surface area contributed by atoms with Gasteiger partial charge < -0.3 is 10.1 Å². The van der Waals surface area contributed by atoms with Crippen LogP contribution >= 0.6 is 0 Å². The van der Waals surface area contributed by atoms with Gasteiger partial charge in [-0.1, -0.05) is 24.3 Å². The number of benzene rings is 2. The fourth-order valence-electron chi connectivity index (χ4n) is 1.67. The van der Waals surface area contributed by atoms with Gasteiger partial charge in [-0.2, -0.15) is 0 Å². The molecule has 0 bridgehead atoms. The molecule has 2 aromatic rings. The summed E-state index contributed by atoms with van der Waals surface area (Å²) >= 11 is 0. The summed E-state index contributed by atoms with van der Waals surface area (Å²) in [7, 11) is 1.51. The van der Waals surface area contributed by atoms with Crippen LogP contribution in [-0.2, 0) is 6.42 Å². The number of hydrogen-bond acceptors (Lipinski definition) is 2. The zero-order chi connectivity index (χ0) is 13.7. The molecule has 0 radical (unpaired) electrons. The Morgan fingerprint density at radius 1 is 1.05 bits per heavy atom. The highest BCUT2D eigenvalue weighted by molar-refractivity contribution is 5.69. The van der Waals surface area contributed by atoms with Crippen LogP contribution in [0, 0.1) is 5.82 Å². The van der Waals surface area contributed by atoms with Gasteiger partial charge in [-0.3, -0.25) is 0 Å². The number of carbonyl (C=O) groups excluding carboxylic acids is 1. The van der Waals surface area contributed by atoms with Crippen LogP contribution in [0.5, 0.6) is 5.75 Å². The average Bonchev–Trinajstić information content (AvgIpc) is 2.43. The maximum atomic E-state index is 12.8. The quantitative estimate of drug-likeness (QED) is 0.919. The number of amides is 1. The number of ether oxygens (including phenoxy) is 1. The van der Waals surface area contributed by atoms with E-state index in [0.29, 0.717) is 12.2 Å². The molecule has 0 unspecified atom stereocenters. The molecule has 0 fully saturated rings. The lowest BCUT2D eigenvalue weighted by Gasteiger charge is -2.05. The molecule has 1 N–H and O–H groups in total. The first-order valence-corrected chi connectivity index (χ1v) is 5.90. The van der Waals surface area contributed by atoms with E-state index in [2.05, 4.69) is 5.32 Å². The lowest BCUT2D eigenvalue weighted by atomic mass is 10.1. The predicted molar refractivity (Wildman–Crippen MR) is 70.7 cm³/mol. The van der Waals surface area contributed by atoms with E-state index in [9.17, 15) is 9.18 Å². The third kappa shape index (κ3) is 3.81. The van der Waals surface area contributed by atoms with E-state index < -0.39 is 6.09 Å². The molecular weight excluding hydrogens is 245 g/mol. The Labute approximate surface area is 111 Å². The number of nitrogens with one attached hydrogen (secondary N) is 1. The lowest BCUT2D eigenvalue weighted by molar-refractivity contribution is 0.203. The second kappa shape index (κ2) is 6.00. The molecule has 0 aliphatic rings. The highest BCUT2D eigenvalue weighted by Crippen LogP contribution is 2.15. The molecule has 98 valence electrons. The standard InChI is InChI=1S/C15H14FNO2/c1-17-15(18)19-14-8-4-12(5-9-14)10-11-2-6-13(16)7-3-11/h2-9H,10H2,1H3,(H,17,18). The first-order valence-electron chi connectivity index (χ1n) is 5.90. The minimum atomic E-state index is -0.494. The third-order valence-corrected chi connectivity index (χ3v) is 2.66. The fourth-order valence-corrected chi connectivity index (χ4v) is 1.67. The van der Waals surface area contributed by atoms with Crippen LogP contribution in [0.2, 0.25) is 0 Å². The van der Waals surface area contributed by atoms with Crippen molar-refractivity contribution in [1.29, 1.82) is 0 Å². The molecule has 0 heterocycles. The zero-order valence-electron chi connectivity index (χ0n) is 10.5. The maximum absolute atomic E-state index is 12.8. The Morgan fingerprint density at radius 2 is 1.58 bits per heavy atom. The lowest BCUT2D eigenvalue weighted by Crippen LogP contribution is -2.21. The Hall–Kier alpha value is -2.36. The van der Waals surface area contributed by atoms with Crippen molar-refractivity contribution >= 4 is 6.09 Å². The molecule has 3 nitrogen and oxygen atoms in total. The van der Waals surface area contributed by atoms with Crippen molar-refractivity contribution < 1.29 is 13.9 Å². The van der Waals surface area contributed by atoms with Gasteiger partial charge in [-0.05, 0) is 41.8 Å². The van der Waals surface area contributed by atoms with Crippen LogP contribution < -0.4 is 10.1 Å². The van der Waals surface area contributed by atoms with Crippen molar-refractivity contribution in [2.24, 2.45) is 0 Å². The Balaban J connectivity index is 2.02. The highest BCUT2D eigenvalue weighted by Gasteiger charge is 2.02. The van der Waals surface area contributed by atoms with Gasteiger partial charge in [-0.15, -0.1) is 0 Å². The first kappa shape index (κ1) is 13.1. The molecule has 0 aliphatic carbocycles. The van der Waals surface area contributed by atoms with E-state index in [-0.39, 0.29) is 5.82 Å². The maximum Gasteiger partial charge on any atom is 0.412 e. The van der Waals surface area contributed by atoms with Gasteiger partial charge in [0.15, 0.2) is 0 Å². The van der Waals surface area contributed by atoms with Crippen LogP contribution in [0.3, 0.4) is 0 Å². The molecule has 0 spiro atoms. The van der Waals surface area contributed by atoms with E-state index in [0.717, 1.165) is 11.1 Å². The summed E-state index contributed by atoms with van der Waals surface area (Å²) in [5, 5.41) is 2.38. The smallest absolute Gasteiger partial charge is 0.410 e. The Bertz CT molecular complexity index is 549. The second-order valence-corrected chi connectivity index (χ2v) is 4.09. The van der Waals surface area contributed by atoms with E-state index in [1.165, 1.54) is 19.2 Å². The van der Waals surface area contributed by atoms with Crippen LogP contribution in [0.15, 0.2) is 48.5 Å². The third-order valence-electron chi connectivity index (χ3n) is 2.66. The number of hydrogen-bond donors (Lipinski definition) is 1. The molecule has 19 heavy (non-hydrogen) atoms. The largest absolute Gasteiger partial charge is 0.412 e. The van der Waals surface area contributed by atoms with Gasteiger partial charge in [0.2, 0.25) is 0 Å². The van der Waals surface area contributed by atoms with Crippen LogP contribution in [0.1, 0.15) is 11.1 Å². The highest BCUT2D eigenvalue weighted by atomic mass is 19.1. The molecule has 1 amide bonds. The van der Waals surface area contributed by atoms with Gasteiger partial charge in [0.25, 0.3) is 0 Å². The number of halogens is 1. The summed E-state index contributed by atoms with van der Waals surface area (Å²) < 4.78 is 17.8. The van der Waals surface area contributed by atoms with Gasteiger partial charge in [0.1, 0.15) is 11.6 Å². The molecule has 0 saturated carbocycles. The molecule has 0 aromatic heterocycles. The molecule has 2 rings (SSSR count). The fraction of sp³-hybridized carbons (Fsp3) is 0.133. The summed E-state index contributed by atoms with van der Waals surface area (Å²) in [5.74, 6) is 0.250. The minimum absolute atomic E-state index is 0.238. The summed E-state index contributed by atoms with van der Waals surface area (Å²) in [6, 6.07) is 13.6. The minimum Gasteiger partial charge on any atom is -0.410 e. The van der Waals surface area contributed by atoms with E-state index in [1.54, 1.807) is 24.3 Å². The van der Waals surface area contributed by atoms with Gasteiger partial charge in [0, 0.05) is 7.05 Å². The van der Waals surface area contributed by atoms with Crippen molar-refractivity contribution in [3.05, 3.63) is 65.5 Å². The molecule has 4 heteroatoms. The van der Waals surface area contributed by atoms with Crippen molar-refractivity contribution in [1.82, 2.24) is 5.32 Å². The zero-order valence-corrected chi connectivity index (χ0v) is 10.5. The SMILES string of the molecule is CNC(=O)Oc1ccc(Cc2ccc(F)cc2)cc1. The van der Waals surface area contributed by atoms with Crippen LogP contribution in [0.4, 0.5) is 9.18 Å². The molecule has 0 saturated heterocycles. The first-order chi connectivity index (χ1) is 9.17. The average molecular weight is 259 g/mol. The van der Waals surface area contributed by atoms with Gasteiger partial charge in [-0.25, -0.2) is 9.18 Å². The topological polar surface area (TPSA) is 38.3 Å². The van der Waals surface area contributed by atoms with Crippen molar-refractivity contribution in [3.63, 3.8) is 0 Å². The van der Waals surface area contributed by atoms with Gasteiger partial charge in [0.05, 0.1) is 0 Å². The second-order valence-electron chi connectivity index (χ2n) is 4.09. The monoisotopic (exact) mass is 259 g/mol. The summed E-state index contributed by atoms with van der Waals surface area (Å²) in [4.78, 5) is 11.0. The normalized spacial score (nSPS) is 10.0. The summed E-state index contributed by atoms with van der Waals surface area (Å²) in [5.41, 5.74) is 2.09. The van der Waals surface area contributed by atoms with Crippen LogP contribution in [-0.4, -0.2) is 13.1 Å².